The van der Waals surface area contributed by atoms with Crippen LogP contribution < -0.4 is 0 Å². The van der Waals surface area contributed by atoms with Gasteiger partial charge in [0.1, 0.15) is 12.1 Å². The Kier molecular flexibility index (Phi) is 11.8. The predicted molar refractivity (Wildman–Crippen MR) is 159 cm³/mol. The lowest BCUT2D eigenvalue weighted by molar-refractivity contribution is -0.289. The lowest BCUT2D eigenvalue weighted by atomic mass is 9.82. The number of methoxy groups -OCH3 is 1. The molecule has 0 bridgehead atoms. The first-order valence-electron chi connectivity index (χ1n) is 15.4. The minimum atomic E-state index is -1.53. The molecule has 2 N–H and O–H groups in total. The second-order valence-electron chi connectivity index (χ2n) is 13.0. The maximum absolute atomic E-state index is 13.6. The van der Waals surface area contributed by atoms with Crippen molar-refractivity contribution in [3.05, 3.63) is 35.5 Å². The monoisotopic (exact) mass is 575 g/mol. The standard InChI is InChI=1S/C33H53NO7/c1-20(2)31(23(5)15-21(3)16-26-12-13-28(35)29(18-26)39-8)40-32(37)27-11-9-10-14-34(27)30(36)19-33(38)24(6)17-22(4)25(7)41-33/h12-13,15-16,20,22,24-29,31,35,38H,9-11,14,17-19H2,1-8H3/b21-16+,23-15+. The van der Waals surface area contributed by atoms with E-state index in [4.69, 9.17) is 14.2 Å². The summed E-state index contributed by atoms with van der Waals surface area (Å²) in [6.07, 6.45) is 10.1. The molecule has 2 aliphatic heterocycles. The number of carbonyl (C=O) groups is 2. The Bertz CT molecular complexity index is 1000. The fourth-order valence-corrected chi connectivity index (χ4v) is 6.51. The van der Waals surface area contributed by atoms with Crippen LogP contribution >= 0.6 is 0 Å². The number of piperidine rings is 1. The average Bonchev–Trinajstić information content (AvgIpc) is 2.91. The highest BCUT2D eigenvalue weighted by Gasteiger charge is 2.46. The first-order valence-corrected chi connectivity index (χ1v) is 15.4. The summed E-state index contributed by atoms with van der Waals surface area (Å²) in [6.45, 7) is 14.4. The fourth-order valence-electron chi connectivity index (χ4n) is 6.51. The number of amides is 1. The number of ether oxygens (including phenoxy) is 3. The number of rotatable bonds is 9. The smallest absolute Gasteiger partial charge is 0.329 e. The lowest BCUT2D eigenvalue weighted by Gasteiger charge is -2.45. The van der Waals surface area contributed by atoms with E-state index in [1.807, 2.05) is 53.7 Å². The molecule has 8 heteroatoms. The molecule has 0 saturated carbocycles. The van der Waals surface area contributed by atoms with Crippen LogP contribution in [0.4, 0.5) is 0 Å². The molecule has 3 rings (SSSR count). The second kappa shape index (κ2) is 14.5. The first kappa shape index (κ1) is 33.5. The zero-order valence-electron chi connectivity index (χ0n) is 26.3. The van der Waals surface area contributed by atoms with Gasteiger partial charge in [-0.3, -0.25) is 4.79 Å². The van der Waals surface area contributed by atoms with E-state index in [-0.39, 0.29) is 42.3 Å². The SMILES string of the molecule is COC1CC(/C=C(C)/C=C(\C)C(OC(=O)C2CCCCN2C(=O)CC2(O)OC(C)C(C)CC2C)C(C)C)C=CC1O. The van der Waals surface area contributed by atoms with Gasteiger partial charge in [-0.25, -0.2) is 4.79 Å². The average molecular weight is 576 g/mol. The van der Waals surface area contributed by atoms with Crippen LogP contribution in [0.1, 0.15) is 87.0 Å². The molecule has 8 nitrogen and oxygen atoms in total. The number of esters is 1. The van der Waals surface area contributed by atoms with E-state index in [2.05, 4.69) is 13.0 Å². The van der Waals surface area contributed by atoms with E-state index in [0.717, 1.165) is 30.4 Å². The summed E-state index contributed by atoms with van der Waals surface area (Å²) in [7, 11) is 1.61. The van der Waals surface area contributed by atoms with Crippen LogP contribution in [0.5, 0.6) is 0 Å². The Labute approximate surface area is 246 Å². The van der Waals surface area contributed by atoms with Crippen LogP contribution in [0.15, 0.2) is 35.5 Å². The summed E-state index contributed by atoms with van der Waals surface area (Å²) in [5.74, 6) is -1.90. The van der Waals surface area contributed by atoms with Gasteiger partial charge in [-0.2, -0.15) is 0 Å². The van der Waals surface area contributed by atoms with Crippen molar-refractivity contribution in [1.29, 1.82) is 0 Å². The molecule has 232 valence electrons. The third kappa shape index (κ3) is 8.53. The van der Waals surface area contributed by atoms with Crippen molar-refractivity contribution in [3.8, 4) is 0 Å². The number of likely N-dealkylation sites (tertiary alicyclic amines) is 1. The number of nitrogens with zero attached hydrogens (tertiary/aromatic N) is 1. The van der Waals surface area contributed by atoms with Crippen LogP contribution in [0.2, 0.25) is 0 Å². The molecule has 0 aromatic heterocycles. The predicted octanol–water partition coefficient (Wildman–Crippen LogP) is 4.94. The Balaban J connectivity index is 1.70. The molecule has 1 amide bonds. The summed E-state index contributed by atoms with van der Waals surface area (Å²) < 4.78 is 17.5. The number of aliphatic hydroxyl groups is 2. The molecule has 0 spiro atoms. The zero-order chi connectivity index (χ0) is 30.5. The third-order valence-corrected chi connectivity index (χ3v) is 9.16. The highest BCUT2D eigenvalue weighted by atomic mass is 16.6. The highest BCUT2D eigenvalue weighted by molar-refractivity contribution is 5.85. The van der Waals surface area contributed by atoms with Gasteiger partial charge < -0.3 is 29.3 Å². The van der Waals surface area contributed by atoms with E-state index in [1.165, 1.54) is 0 Å². The summed E-state index contributed by atoms with van der Waals surface area (Å²) in [4.78, 5) is 28.7. The summed E-state index contributed by atoms with van der Waals surface area (Å²) in [6, 6.07) is -0.675. The van der Waals surface area contributed by atoms with Gasteiger partial charge in [0.05, 0.1) is 24.7 Å². The maximum atomic E-state index is 13.6. The second-order valence-corrected chi connectivity index (χ2v) is 13.0. The Hall–Kier alpha value is -2.00. The van der Waals surface area contributed by atoms with Gasteiger partial charge in [0.25, 0.3) is 0 Å². The number of hydrogen-bond acceptors (Lipinski definition) is 7. The molecular weight excluding hydrogens is 522 g/mol. The van der Waals surface area contributed by atoms with Gasteiger partial charge in [0, 0.05) is 19.6 Å². The van der Waals surface area contributed by atoms with Gasteiger partial charge in [-0.15, -0.1) is 0 Å². The molecule has 41 heavy (non-hydrogen) atoms. The number of aliphatic hydroxyl groups excluding tert-OH is 1. The fraction of sp³-hybridized carbons (Fsp3) is 0.758. The van der Waals surface area contributed by atoms with Gasteiger partial charge in [0.2, 0.25) is 5.91 Å². The third-order valence-electron chi connectivity index (χ3n) is 9.16. The largest absolute Gasteiger partial charge is 0.456 e. The molecule has 2 heterocycles. The van der Waals surface area contributed by atoms with Crippen molar-refractivity contribution in [2.75, 3.05) is 13.7 Å². The Morgan fingerprint density at radius 3 is 2.51 bits per heavy atom. The summed E-state index contributed by atoms with van der Waals surface area (Å²) >= 11 is 0. The highest BCUT2D eigenvalue weighted by Crippen LogP contribution is 2.38. The van der Waals surface area contributed by atoms with Crippen LogP contribution in [0.25, 0.3) is 0 Å². The van der Waals surface area contributed by atoms with E-state index < -0.39 is 30.0 Å². The normalized spacial score (nSPS) is 35.9. The molecule has 0 aromatic rings. The van der Waals surface area contributed by atoms with Crippen molar-refractivity contribution in [3.63, 3.8) is 0 Å². The van der Waals surface area contributed by atoms with Crippen molar-refractivity contribution in [1.82, 2.24) is 4.90 Å². The van der Waals surface area contributed by atoms with Gasteiger partial charge in [-0.05, 0) is 76.2 Å². The summed E-state index contributed by atoms with van der Waals surface area (Å²) in [5.41, 5.74) is 1.97. The van der Waals surface area contributed by atoms with Gasteiger partial charge in [-0.1, -0.05) is 57.6 Å². The van der Waals surface area contributed by atoms with Crippen LogP contribution in [0, 0.1) is 23.7 Å². The van der Waals surface area contributed by atoms with Crippen molar-refractivity contribution in [2.24, 2.45) is 23.7 Å². The van der Waals surface area contributed by atoms with E-state index in [1.54, 1.807) is 18.1 Å². The van der Waals surface area contributed by atoms with E-state index in [0.29, 0.717) is 25.3 Å². The van der Waals surface area contributed by atoms with Crippen LogP contribution in [-0.4, -0.2) is 76.9 Å². The number of hydrogen-bond donors (Lipinski definition) is 2. The quantitative estimate of drug-likeness (QED) is 0.228. The van der Waals surface area contributed by atoms with Crippen molar-refractivity contribution in [2.45, 2.75) is 123 Å². The number of allylic oxidation sites excluding steroid dienone is 4. The molecule has 0 aromatic carbocycles. The lowest BCUT2D eigenvalue weighted by Crippen LogP contribution is -2.55. The molecule has 9 atom stereocenters. The molecule has 0 radical (unpaired) electrons. The Morgan fingerprint density at radius 2 is 1.85 bits per heavy atom. The molecule has 1 aliphatic carbocycles. The molecule has 3 aliphatic rings. The molecule has 2 saturated heterocycles. The van der Waals surface area contributed by atoms with Crippen LogP contribution in [-0.2, 0) is 23.8 Å². The van der Waals surface area contributed by atoms with E-state index >= 15 is 0 Å². The van der Waals surface area contributed by atoms with Crippen molar-refractivity contribution < 1.29 is 34.0 Å². The summed E-state index contributed by atoms with van der Waals surface area (Å²) in [5, 5.41) is 21.3. The zero-order valence-corrected chi connectivity index (χ0v) is 26.3. The minimum Gasteiger partial charge on any atom is -0.456 e. The molecule has 2 fully saturated rings. The maximum Gasteiger partial charge on any atom is 0.329 e. The van der Waals surface area contributed by atoms with E-state index in [9.17, 15) is 19.8 Å². The molecular formula is C33H53NO7. The first-order chi connectivity index (χ1) is 19.2. The topological polar surface area (TPSA) is 106 Å². The molecule has 9 unspecified atom stereocenters. The Morgan fingerprint density at radius 1 is 1.15 bits per heavy atom. The minimum absolute atomic E-state index is 0.0408. The van der Waals surface area contributed by atoms with Crippen LogP contribution in [0.3, 0.4) is 0 Å². The number of carbonyl (C=O) groups excluding carboxylic acids is 2. The van der Waals surface area contributed by atoms with Gasteiger partial charge in [0.15, 0.2) is 5.79 Å². The van der Waals surface area contributed by atoms with Gasteiger partial charge >= 0.3 is 5.97 Å². The van der Waals surface area contributed by atoms with Crippen molar-refractivity contribution >= 4 is 11.9 Å².